The summed E-state index contributed by atoms with van der Waals surface area (Å²) in [4.78, 5) is 2.51. The highest BCUT2D eigenvalue weighted by molar-refractivity contribution is 7.91. The summed E-state index contributed by atoms with van der Waals surface area (Å²) in [6, 6.07) is 3.80. The molecule has 1 aromatic carbocycles. The van der Waals surface area contributed by atoms with Crippen LogP contribution in [0.15, 0.2) is 17.0 Å². The summed E-state index contributed by atoms with van der Waals surface area (Å²) in [5, 5.41) is 0. The highest BCUT2D eigenvalue weighted by Crippen LogP contribution is 2.33. The number of benzene rings is 1. The number of rotatable bonds is 0. The van der Waals surface area contributed by atoms with E-state index in [1.165, 1.54) is 0 Å². The van der Waals surface area contributed by atoms with Gasteiger partial charge in [0.25, 0.3) is 0 Å². The van der Waals surface area contributed by atoms with Crippen LogP contribution >= 0.6 is 0 Å². The molecule has 0 atom stereocenters. The molecule has 4 heteroatoms. The van der Waals surface area contributed by atoms with Gasteiger partial charge in [0.05, 0.1) is 16.3 Å². The molecule has 15 heavy (non-hydrogen) atoms. The lowest BCUT2D eigenvalue weighted by atomic mass is 10.1. The highest BCUT2D eigenvalue weighted by atomic mass is 32.2. The third-order valence-corrected chi connectivity index (χ3v) is 4.52. The molecule has 0 saturated carbocycles. The van der Waals surface area contributed by atoms with Gasteiger partial charge in [-0.05, 0) is 31.0 Å². The molecule has 0 bridgehead atoms. The molecule has 1 aliphatic rings. The van der Waals surface area contributed by atoms with Crippen LogP contribution in [-0.4, -0.2) is 27.8 Å². The molecular formula is C11H15NO2S. The Morgan fingerprint density at radius 2 is 1.93 bits per heavy atom. The molecule has 0 radical (unpaired) electrons. The van der Waals surface area contributed by atoms with Crippen molar-refractivity contribution < 1.29 is 8.42 Å². The van der Waals surface area contributed by atoms with Gasteiger partial charge in [-0.3, -0.25) is 0 Å². The predicted molar refractivity (Wildman–Crippen MR) is 61.2 cm³/mol. The smallest absolute Gasteiger partial charge is 0.182 e. The Kier molecular flexibility index (Phi) is 2.26. The lowest BCUT2D eigenvalue weighted by molar-refractivity contribution is 0.591. The average molecular weight is 225 g/mol. The molecular weight excluding hydrogens is 210 g/mol. The Morgan fingerprint density at radius 1 is 1.27 bits per heavy atom. The second-order valence-electron chi connectivity index (χ2n) is 4.17. The zero-order valence-corrected chi connectivity index (χ0v) is 10.1. The molecule has 0 saturated heterocycles. The van der Waals surface area contributed by atoms with Crippen LogP contribution in [0.1, 0.15) is 11.1 Å². The largest absolute Gasteiger partial charge is 0.372 e. The van der Waals surface area contributed by atoms with Crippen LogP contribution in [0.25, 0.3) is 0 Å². The Morgan fingerprint density at radius 3 is 2.60 bits per heavy atom. The zero-order valence-electron chi connectivity index (χ0n) is 9.24. The van der Waals surface area contributed by atoms with Gasteiger partial charge in [-0.15, -0.1) is 0 Å². The normalized spacial score (nSPS) is 18.7. The van der Waals surface area contributed by atoms with E-state index in [0.29, 0.717) is 11.4 Å². The van der Waals surface area contributed by atoms with Crippen LogP contribution in [-0.2, 0) is 9.84 Å². The molecule has 0 spiro atoms. The molecule has 1 aliphatic heterocycles. The summed E-state index contributed by atoms with van der Waals surface area (Å²) in [6.07, 6.45) is 0. The van der Waals surface area contributed by atoms with Crippen LogP contribution in [0.4, 0.5) is 5.69 Å². The van der Waals surface area contributed by atoms with Crippen molar-refractivity contribution in [1.29, 1.82) is 0 Å². The second-order valence-corrected chi connectivity index (χ2v) is 6.25. The van der Waals surface area contributed by atoms with Gasteiger partial charge in [-0.25, -0.2) is 8.42 Å². The Hall–Kier alpha value is -1.03. The minimum atomic E-state index is -3.06. The van der Waals surface area contributed by atoms with Crippen LogP contribution in [0.3, 0.4) is 0 Å². The van der Waals surface area contributed by atoms with Gasteiger partial charge in [-0.1, -0.05) is 6.07 Å². The van der Waals surface area contributed by atoms with Crippen molar-refractivity contribution in [3.63, 3.8) is 0 Å². The first-order valence-electron chi connectivity index (χ1n) is 4.97. The van der Waals surface area contributed by atoms with E-state index in [1.807, 2.05) is 31.9 Å². The third-order valence-electron chi connectivity index (χ3n) is 2.82. The van der Waals surface area contributed by atoms with Crippen molar-refractivity contribution in [3.05, 3.63) is 23.3 Å². The van der Waals surface area contributed by atoms with Crippen LogP contribution < -0.4 is 4.90 Å². The molecule has 1 heterocycles. The first-order chi connectivity index (χ1) is 6.92. The van der Waals surface area contributed by atoms with Crippen molar-refractivity contribution in [1.82, 2.24) is 0 Å². The molecule has 0 aromatic heterocycles. The molecule has 0 N–H and O–H groups in total. The first kappa shape index (κ1) is 10.5. The monoisotopic (exact) mass is 225 g/mol. The summed E-state index contributed by atoms with van der Waals surface area (Å²) >= 11 is 0. The number of aryl methyl sites for hydroxylation is 2. The van der Waals surface area contributed by atoms with Gasteiger partial charge < -0.3 is 4.90 Å². The number of hydrogen-bond donors (Lipinski definition) is 0. The number of nitrogens with zero attached hydrogens (tertiary/aromatic N) is 1. The summed E-state index contributed by atoms with van der Waals surface area (Å²) in [5.74, 6) is 0.222. The summed E-state index contributed by atoms with van der Waals surface area (Å²) < 4.78 is 23.8. The molecule has 0 fully saturated rings. The van der Waals surface area contributed by atoms with Gasteiger partial charge in [-0.2, -0.15) is 0 Å². The van der Waals surface area contributed by atoms with E-state index in [0.717, 1.165) is 16.8 Å². The number of sulfone groups is 1. The van der Waals surface area contributed by atoms with E-state index in [1.54, 1.807) is 6.07 Å². The lowest BCUT2D eigenvalue weighted by Gasteiger charge is -2.29. The Bertz CT molecular complexity index is 506. The first-order valence-corrected chi connectivity index (χ1v) is 6.62. The topological polar surface area (TPSA) is 37.4 Å². The fraction of sp³-hybridized carbons (Fsp3) is 0.455. The molecule has 3 nitrogen and oxygen atoms in total. The molecule has 82 valence electrons. The van der Waals surface area contributed by atoms with Crippen molar-refractivity contribution in [2.24, 2.45) is 0 Å². The molecule has 0 aliphatic carbocycles. The van der Waals surface area contributed by atoms with Gasteiger partial charge in [0.1, 0.15) is 0 Å². The van der Waals surface area contributed by atoms with Crippen LogP contribution in [0.5, 0.6) is 0 Å². The summed E-state index contributed by atoms with van der Waals surface area (Å²) in [7, 11) is -1.12. The minimum absolute atomic E-state index is 0.222. The molecule has 0 amide bonds. The zero-order chi connectivity index (χ0) is 11.2. The lowest BCUT2D eigenvalue weighted by Crippen LogP contribution is -2.32. The van der Waals surface area contributed by atoms with Crippen LogP contribution in [0, 0.1) is 13.8 Å². The van der Waals surface area contributed by atoms with Gasteiger partial charge in [0.2, 0.25) is 0 Å². The number of fused-ring (bicyclic) bond motifs is 1. The molecule has 0 unspecified atom stereocenters. The Balaban J connectivity index is 2.79. The number of hydrogen-bond acceptors (Lipinski definition) is 3. The van der Waals surface area contributed by atoms with Crippen molar-refractivity contribution in [3.8, 4) is 0 Å². The van der Waals surface area contributed by atoms with Crippen molar-refractivity contribution in [2.75, 3.05) is 24.2 Å². The fourth-order valence-corrected chi connectivity index (χ4v) is 3.84. The average Bonchev–Trinajstić information content (AvgIpc) is 2.11. The standard InChI is InChI=1S/C11H15NO2S/c1-8-6-9(2)11-10(7-8)15(13,14)5-4-12(11)3/h6-7H,4-5H2,1-3H3. The van der Waals surface area contributed by atoms with Gasteiger partial charge >= 0.3 is 0 Å². The predicted octanol–water partition coefficient (Wildman–Crippen LogP) is 1.53. The molecule has 2 rings (SSSR count). The van der Waals surface area contributed by atoms with E-state index in [2.05, 4.69) is 0 Å². The third kappa shape index (κ3) is 1.63. The summed E-state index contributed by atoms with van der Waals surface area (Å²) in [6.45, 7) is 4.47. The quantitative estimate of drug-likeness (QED) is 0.672. The van der Waals surface area contributed by atoms with E-state index in [-0.39, 0.29) is 5.75 Å². The fourth-order valence-electron chi connectivity index (χ4n) is 2.13. The highest BCUT2D eigenvalue weighted by Gasteiger charge is 2.27. The maximum atomic E-state index is 11.9. The maximum Gasteiger partial charge on any atom is 0.182 e. The minimum Gasteiger partial charge on any atom is -0.372 e. The second kappa shape index (κ2) is 3.23. The SMILES string of the molecule is Cc1cc(C)c2c(c1)S(=O)(=O)CCN2C. The Labute approximate surface area is 90.6 Å². The van der Waals surface area contributed by atoms with E-state index >= 15 is 0 Å². The van der Waals surface area contributed by atoms with E-state index < -0.39 is 9.84 Å². The summed E-state index contributed by atoms with van der Waals surface area (Å²) in [5.41, 5.74) is 2.91. The van der Waals surface area contributed by atoms with Crippen molar-refractivity contribution >= 4 is 15.5 Å². The van der Waals surface area contributed by atoms with Crippen molar-refractivity contribution in [2.45, 2.75) is 18.7 Å². The molecule has 1 aromatic rings. The van der Waals surface area contributed by atoms with E-state index in [4.69, 9.17) is 0 Å². The van der Waals surface area contributed by atoms with Gasteiger partial charge in [0, 0.05) is 13.6 Å². The maximum absolute atomic E-state index is 11.9. The van der Waals surface area contributed by atoms with Gasteiger partial charge in [0.15, 0.2) is 9.84 Å². The van der Waals surface area contributed by atoms with Crippen LogP contribution in [0.2, 0.25) is 0 Å². The van der Waals surface area contributed by atoms with E-state index in [9.17, 15) is 8.42 Å². The number of anilines is 1.